The van der Waals surface area contributed by atoms with Crippen LogP contribution in [0.3, 0.4) is 0 Å². The summed E-state index contributed by atoms with van der Waals surface area (Å²) in [6.45, 7) is 3.86. The minimum atomic E-state index is -0.754. The van der Waals surface area contributed by atoms with Crippen LogP contribution in [0.5, 0.6) is 5.88 Å². The quantitative estimate of drug-likeness (QED) is 0.885. The Labute approximate surface area is 112 Å². The summed E-state index contributed by atoms with van der Waals surface area (Å²) in [5.41, 5.74) is 1.19. The molecule has 0 aromatic carbocycles. The van der Waals surface area contributed by atoms with Gasteiger partial charge in [0.2, 0.25) is 5.88 Å². The van der Waals surface area contributed by atoms with Crippen molar-refractivity contribution in [2.45, 2.75) is 57.0 Å². The summed E-state index contributed by atoms with van der Waals surface area (Å²) in [5.74, 6) is 0.319. The molecule has 102 valence electrons. The smallest absolute Gasteiger partial charge is 0.314 e. The van der Waals surface area contributed by atoms with Gasteiger partial charge < -0.3 is 9.84 Å². The van der Waals surface area contributed by atoms with Crippen LogP contribution in [0.2, 0.25) is 0 Å². The van der Waals surface area contributed by atoms with E-state index in [0.29, 0.717) is 24.6 Å². The van der Waals surface area contributed by atoms with Crippen molar-refractivity contribution in [2.75, 3.05) is 0 Å². The van der Waals surface area contributed by atoms with Crippen molar-refractivity contribution in [3.63, 3.8) is 0 Å². The number of hydrogen-bond acceptors (Lipinski definition) is 3. The fourth-order valence-electron chi connectivity index (χ4n) is 2.49. The van der Waals surface area contributed by atoms with Crippen LogP contribution < -0.4 is 4.74 Å². The van der Waals surface area contributed by atoms with Gasteiger partial charge in [-0.3, -0.25) is 4.79 Å². The second-order valence-corrected chi connectivity index (χ2v) is 5.95. The van der Waals surface area contributed by atoms with E-state index in [2.05, 4.69) is 4.98 Å². The van der Waals surface area contributed by atoms with E-state index in [0.717, 1.165) is 5.56 Å². The number of carbonyl (C=O) groups is 1. The molecule has 0 aliphatic heterocycles. The molecule has 4 nitrogen and oxygen atoms in total. The van der Waals surface area contributed by atoms with E-state index in [1.54, 1.807) is 0 Å². The number of ether oxygens (including phenoxy) is 1. The van der Waals surface area contributed by atoms with Gasteiger partial charge in [-0.15, -0.1) is 0 Å². The topological polar surface area (TPSA) is 59.4 Å². The van der Waals surface area contributed by atoms with Gasteiger partial charge in [0.1, 0.15) is 0 Å². The van der Waals surface area contributed by atoms with Crippen LogP contribution in [0, 0.1) is 0 Å². The minimum absolute atomic E-state index is 0.00243. The summed E-state index contributed by atoms with van der Waals surface area (Å²) in [7, 11) is 0. The van der Waals surface area contributed by atoms with Crippen molar-refractivity contribution in [3.05, 3.63) is 23.4 Å². The second kappa shape index (κ2) is 4.22. The Morgan fingerprint density at radius 1 is 1.47 bits per heavy atom. The zero-order valence-electron chi connectivity index (χ0n) is 11.3. The number of hydrogen-bond donors (Lipinski definition) is 1. The van der Waals surface area contributed by atoms with E-state index in [-0.39, 0.29) is 6.10 Å². The van der Waals surface area contributed by atoms with Crippen LogP contribution in [0.4, 0.5) is 0 Å². The minimum Gasteiger partial charge on any atom is -0.481 e. The number of rotatable bonds is 5. The lowest BCUT2D eigenvalue weighted by atomic mass is 9.95. The molecule has 0 spiro atoms. The van der Waals surface area contributed by atoms with Gasteiger partial charge in [0, 0.05) is 11.8 Å². The Kier molecular flexibility index (Phi) is 2.77. The standard InChI is InChI=1S/C15H19NO3/c1-9(2)19-13-12(15(5-6-15)14(17)18)7-11(8-16-13)10-3-4-10/h7-10H,3-6H2,1-2H3,(H,17,18). The van der Waals surface area contributed by atoms with Crippen LogP contribution in [0.1, 0.15) is 56.6 Å². The monoisotopic (exact) mass is 261 g/mol. The highest BCUT2D eigenvalue weighted by molar-refractivity contribution is 5.85. The SMILES string of the molecule is CC(C)Oc1ncc(C2CC2)cc1C1(C(=O)O)CC1. The molecule has 0 atom stereocenters. The highest BCUT2D eigenvalue weighted by Gasteiger charge is 2.54. The van der Waals surface area contributed by atoms with Gasteiger partial charge in [-0.1, -0.05) is 0 Å². The molecule has 2 aliphatic rings. The third kappa shape index (κ3) is 2.20. The van der Waals surface area contributed by atoms with Crippen LogP contribution >= 0.6 is 0 Å². The molecule has 2 saturated carbocycles. The molecule has 1 aromatic heterocycles. The molecule has 0 amide bonds. The summed E-state index contributed by atoms with van der Waals surface area (Å²) in [4.78, 5) is 15.9. The normalized spacial score (nSPS) is 20.4. The van der Waals surface area contributed by atoms with Crippen molar-refractivity contribution >= 4 is 5.97 Å². The molecule has 0 unspecified atom stereocenters. The maximum atomic E-state index is 11.5. The Hall–Kier alpha value is -1.58. The van der Waals surface area contributed by atoms with E-state index in [4.69, 9.17) is 4.74 Å². The average molecular weight is 261 g/mol. The molecule has 1 aromatic rings. The second-order valence-electron chi connectivity index (χ2n) is 5.95. The van der Waals surface area contributed by atoms with Gasteiger partial charge in [0.15, 0.2) is 0 Å². The van der Waals surface area contributed by atoms with Gasteiger partial charge in [0.25, 0.3) is 0 Å². The van der Waals surface area contributed by atoms with E-state index in [1.165, 1.54) is 18.4 Å². The fraction of sp³-hybridized carbons (Fsp3) is 0.600. The number of nitrogens with zero attached hydrogens (tertiary/aromatic N) is 1. The molecule has 1 heterocycles. The average Bonchev–Trinajstić information content (AvgIpc) is 3.22. The number of pyridine rings is 1. The summed E-state index contributed by atoms with van der Waals surface area (Å²) in [5, 5.41) is 9.48. The summed E-state index contributed by atoms with van der Waals surface area (Å²) >= 11 is 0. The van der Waals surface area contributed by atoms with Crippen molar-refractivity contribution in [1.82, 2.24) is 4.98 Å². The zero-order chi connectivity index (χ0) is 13.6. The fourth-order valence-corrected chi connectivity index (χ4v) is 2.49. The summed E-state index contributed by atoms with van der Waals surface area (Å²) in [6.07, 6.45) is 5.59. The highest BCUT2D eigenvalue weighted by Crippen LogP contribution is 2.52. The molecular weight excluding hydrogens is 242 g/mol. The first kappa shape index (κ1) is 12.5. The first-order valence-corrected chi connectivity index (χ1v) is 6.93. The predicted octanol–water partition coefficient (Wildman–Crippen LogP) is 2.86. The van der Waals surface area contributed by atoms with E-state index in [9.17, 15) is 9.90 Å². The largest absolute Gasteiger partial charge is 0.481 e. The van der Waals surface area contributed by atoms with Crippen molar-refractivity contribution in [1.29, 1.82) is 0 Å². The molecule has 2 fully saturated rings. The highest BCUT2D eigenvalue weighted by atomic mass is 16.5. The third-order valence-corrected chi connectivity index (χ3v) is 3.94. The summed E-state index contributed by atoms with van der Waals surface area (Å²) in [6, 6.07) is 2.02. The van der Waals surface area contributed by atoms with Crippen LogP contribution in [-0.2, 0) is 10.2 Å². The lowest BCUT2D eigenvalue weighted by Crippen LogP contribution is -2.22. The lowest BCUT2D eigenvalue weighted by molar-refractivity contribution is -0.140. The molecule has 4 heteroatoms. The Bertz CT molecular complexity index is 516. The van der Waals surface area contributed by atoms with E-state index in [1.807, 2.05) is 26.1 Å². The number of aromatic nitrogens is 1. The first-order valence-electron chi connectivity index (χ1n) is 6.93. The number of aliphatic carboxylic acids is 1. The summed E-state index contributed by atoms with van der Waals surface area (Å²) < 4.78 is 5.70. The molecule has 0 bridgehead atoms. The van der Waals surface area contributed by atoms with E-state index < -0.39 is 11.4 Å². The number of carboxylic acids is 1. The maximum Gasteiger partial charge on any atom is 0.314 e. The van der Waals surface area contributed by atoms with Gasteiger partial charge in [-0.05, 0) is 57.1 Å². The first-order chi connectivity index (χ1) is 9.03. The lowest BCUT2D eigenvalue weighted by Gasteiger charge is -2.18. The predicted molar refractivity (Wildman–Crippen MR) is 70.5 cm³/mol. The van der Waals surface area contributed by atoms with Crippen molar-refractivity contribution in [3.8, 4) is 5.88 Å². The molecular formula is C15H19NO3. The van der Waals surface area contributed by atoms with Gasteiger partial charge in [-0.2, -0.15) is 0 Å². The van der Waals surface area contributed by atoms with Gasteiger partial charge >= 0.3 is 5.97 Å². The van der Waals surface area contributed by atoms with E-state index >= 15 is 0 Å². The molecule has 3 rings (SSSR count). The van der Waals surface area contributed by atoms with Gasteiger partial charge in [0.05, 0.1) is 11.5 Å². The van der Waals surface area contributed by atoms with Crippen LogP contribution in [0.15, 0.2) is 12.3 Å². The Morgan fingerprint density at radius 2 is 2.16 bits per heavy atom. The van der Waals surface area contributed by atoms with Crippen molar-refractivity contribution < 1.29 is 14.6 Å². The molecule has 2 aliphatic carbocycles. The third-order valence-electron chi connectivity index (χ3n) is 3.94. The molecule has 1 N–H and O–H groups in total. The van der Waals surface area contributed by atoms with Crippen LogP contribution in [0.25, 0.3) is 0 Å². The zero-order valence-corrected chi connectivity index (χ0v) is 11.3. The molecule has 0 radical (unpaired) electrons. The molecule has 0 saturated heterocycles. The number of carboxylic acid groups (broad SMARTS) is 1. The molecule has 19 heavy (non-hydrogen) atoms. The van der Waals surface area contributed by atoms with Gasteiger partial charge in [-0.25, -0.2) is 4.98 Å². The Morgan fingerprint density at radius 3 is 2.63 bits per heavy atom. The Balaban J connectivity index is 2.02. The van der Waals surface area contributed by atoms with Crippen molar-refractivity contribution in [2.24, 2.45) is 0 Å². The maximum absolute atomic E-state index is 11.5. The van der Waals surface area contributed by atoms with Crippen LogP contribution in [-0.4, -0.2) is 22.2 Å².